The molecule has 1 amide bonds. The molecule has 0 aromatic heterocycles. The van der Waals surface area contributed by atoms with Crippen LogP contribution in [0, 0.1) is 0 Å². The molecule has 7 heteroatoms. The molecule has 1 aliphatic rings. The molecule has 29 heavy (non-hydrogen) atoms. The van der Waals surface area contributed by atoms with Gasteiger partial charge >= 0.3 is 0 Å². The summed E-state index contributed by atoms with van der Waals surface area (Å²) < 4.78 is 33.4. The number of hydrogen-bond donors (Lipinski definition) is 2. The van der Waals surface area contributed by atoms with Crippen molar-refractivity contribution >= 4 is 21.6 Å². The van der Waals surface area contributed by atoms with Gasteiger partial charge in [0.15, 0.2) is 0 Å². The summed E-state index contributed by atoms with van der Waals surface area (Å²) in [5.74, 6) is -0.148. The van der Waals surface area contributed by atoms with Gasteiger partial charge in [-0.2, -0.15) is 0 Å². The molecule has 0 aliphatic carbocycles. The molecule has 0 spiro atoms. The van der Waals surface area contributed by atoms with Crippen molar-refractivity contribution in [2.45, 2.75) is 49.5 Å². The number of amides is 1. The van der Waals surface area contributed by atoms with Gasteiger partial charge in [0, 0.05) is 24.4 Å². The highest BCUT2D eigenvalue weighted by molar-refractivity contribution is 7.89. The molecular weight excluding hydrogens is 388 g/mol. The number of nitrogens with one attached hydrogen (secondary N) is 2. The Morgan fingerprint density at radius 3 is 2.28 bits per heavy atom. The van der Waals surface area contributed by atoms with Crippen molar-refractivity contribution in [3.63, 3.8) is 0 Å². The molecule has 2 N–H and O–H groups in total. The fraction of sp³-hybridized carbons (Fsp3) is 0.409. The number of anilines is 1. The summed E-state index contributed by atoms with van der Waals surface area (Å²) in [7, 11) is -3.69. The standard InChI is InChI=1S/C22H28N2O4S/c1-21(2,3)24-29(26,27)19-11-7-10-18(16-19)23-20(25)22(12-14-28-15-13-22)17-8-5-4-6-9-17/h4-11,16,24H,12-15H2,1-3H3,(H,23,25). The number of carbonyl (C=O) groups is 1. The first-order valence-electron chi connectivity index (χ1n) is 9.71. The van der Waals surface area contributed by atoms with Crippen molar-refractivity contribution in [2.75, 3.05) is 18.5 Å². The molecule has 0 atom stereocenters. The fourth-order valence-corrected chi connectivity index (χ4v) is 5.04. The van der Waals surface area contributed by atoms with Gasteiger partial charge in [-0.3, -0.25) is 4.79 Å². The van der Waals surface area contributed by atoms with Gasteiger partial charge in [-0.1, -0.05) is 36.4 Å². The second-order valence-corrected chi connectivity index (χ2v) is 10.1. The maximum atomic E-state index is 13.3. The number of sulfonamides is 1. The molecule has 156 valence electrons. The minimum atomic E-state index is -3.69. The molecule has 0 unspecified atom stereocenters. The Labute approximate surface area is 172 Å². The van der Waals surface area contributed by atoms with Gasteiger partial charge in [0.05, 0.1) is 10.3 Å². The number of benzene rings is 2. The van der Waals surface area contributed by atoms with Crippen LogP contribution in [0.15, 0.2) is 59.5 Å². The largest absolute Gasteiger partial charge is 0.381 e. The van der Waals surface area contributed by atoms with Crippen molar-refractivity contribution in [1.29, 1.82) is 0 Å². The average molecular weight is 417 g/mol. The van der Waals surface area contributed by atoms with E-state index in [-0.39, 0.29) is 10.8 Å². The maximum Gasteiger partial charge on any atom is 0.241 e. The smallest absolute Gasteiger partial charge is 0.241 e. The van der Waals surface area contributed by atoms with Crippen LogP contribution >= 0.6 is 0 Å². The van der Waals surface area contributed by atoms with Crippen molar-refractivity contribution in [1.82, 2.24) is 4.72 Å². The van der Waals surface area contributed by atoms with Crippen LogP contribution < -0.4 is 10.0 Å². The minimum absolute atomic E-state index is 0.117. The van der Waals surface area contributed by atoms with E-state index in [1.807, 2.05) is 30.3 Å². The molecule has 1 aliphatic heterocycles. The summed E-state index contributed by atoms with van der Waals surface area (Å²) in [5.41, 5.74) is 0.0999. The van der Waals surface area contributed by atoms with Gasteiger partial charge in [-0.25, -0.2) is 13.1 Å². The van der Waals surface area contributed by atoms with Gasteiger partial charge < -0.3 is 10.1 Å². The third-order valence-corrected chi connectivity index (χ3v) is 6.71. The highest BCUT2D eigenvalue weighted by Gasteiger charge is 2.41. The number of ether oxygens (including phenoxy) is 1. The Bertz CT molecular complexity index is 960. The summed E-state index contributed by atoms with van der Waals surface area (Å²) in [4.78, 5) is 13.5. The number of carbonyl (C=O) groups excluding carboxylic acids is 1. The molecule has 3 rings (SSSR count). The van der Waals surface area contributed by atoms with E-state index in [2.05, 4.69) is 10.0 Å². The summed E-state index contributed by atoms with van der Waals surface area (Å²) in [6.07, 6.45) is 1.15. The third kappa shape index (κ3) is 5.04. The topological polar surface area (TPSA) is 84.5 Å². The zero-order chi connectivity index (χ0) is 21.1. The quantitative estimate of drug-likeness (QED) is 0.782. The Kier molecular flexibility index (Phi) is 6.12. The SMILES string of the molecule is CC(C)(C)NS(=O)(=O)c1cccc(NC(=O)C2(c3ccccc3)CCOCC2)c1. The molecule has 1 saturated heterocycles. The van der Waals surface area contributed by atoms with Crippen LogP contribution in [-0.2, 0) is 25.0 Å². The van der Waals surface area contributed by atoms with Gasteiger partial charge in [0.25, 0.3) is 0 Å². The van der Waals surface area contributed by atoms with Gasteiger partial charge in [-0.05, 0) is 57.4 Å². The van der Waals surface area contributed by atoms with Gasteiger partial charge in [0.1, 0.15) is 0 Å². The van der Waals surface area contributed by atoms with E-state index in [1.54, 1.807) is 32.9 Å². The molecule has 0 bridgehead atoms. The fourth-order valence-electron chi connectivity index (χ4n) is 3.58. The summed E-state index contributed by atoms with van der Waals surface area (Å²) in [6, 6.07) is 16.0. The Morgan fingerprint density at radius 1 is 1.00 bits per heavy atom. The van der Waals surface area contributed by atoms with E-state index in [1.165, 1.54) is 12.1 Å². The summed E-state index contributed by atoms with van der Waals surface area (Å²) >= 11 is 0. The second kappa shape index (κ2) is 8.26. The van der Waals surface area contributed by atoms with E-state index in [9.17, 15) is 13.2 Å². The van der Waals surface area contributed by atoms with Crippen LogP contribution in [0.5, 0.6) is 0 Å². The molecule has 2 aromatic carbocycles. The first-order chi connectivity index (χ1) is 13.6. The molecule has 1 fully saturated rings. The van der Waals surface area contributed by atoms with E-state index in [0.29, 0.717) is 31.7 Å². The first kappa shape index (κ1) is 21.5. The van der Waals surface area contributed by atoms with Crippen molar-refractivity contribution < 1.29 is 17.9 Å². The lowest BCUT2D eigenvalue weighted by Crippen LogP contribution is -2.44. The highest BCUT2D eigenvalue weighted by atomic mass is 32.2. The van der Waals surface area contributed by atoms with Crippen LogP contribution in [-0.4, -0.2) is 33.1 Å². The summed E-state index contributed by atoms with van der Waals surface area (Å²) in [5, 5.41) is 2.94. The maximum absolute atomic E-state index is 13.3. The van der Waals surface area contributed by atoms with Gasteiger partial charge in [0.2, 0.25) is 15.9 Å². The van der Waals surface area contributed by atoms with Crippen molar-refractivity contribution in [2.24, 2.45) is 0 Å². The Morgan fingerprint density at radius 2 is 1.66 bits per heavy atom. The molecular formula is C22H28N2O4S. The summed E-state index contributed by atoms with van der Waals surface area (Å²) in [6.45, 7) is 6.36. The zero-order valence-electron chi connectivity index (χ0n) is 17.1. The van der Waals surface area contributed by atoms with E-state index in [0.717, 1.165) is 5.56 Å². The van der Waals surface area contributed by atoms with Crippen LogP contribution in [0.25, 0.3) is 0 Å². The lowest BCUT2D eigenvalue weighted by atomic mass is 9.73. The predicted octanol–water partition coefficient (Wildman–Crippen LogP) is 3.45. The predicted molar refractivity (Wildman–Crippen MR) is 113 cm³/mol. The molecule has 0 radical (unpaired) electrons. The van der Waals surface area contributed by atoms with E-state index >= 15 is 0 Å². The molecule has 1 heterocycles. The van der Waals surface area contributed by atoms with Crippen LogP contribution in [0.1, 0.15) is 39.2 Å². The lowest BCUT2D eigenvalue weighted by Gasteiger charge is -2.36. The second-order valence-electron chi connectivity index (χ2n) is 8.40. The van der Waals surface area contributed by atoms with Crippen LogP contribution in [0.4, 0.5) is 5.69 Å². The first-order valence-corrected chi connectivity index (χ1v) is 11.2. The van der Waals surface area contributed by atoms with E-state index in [4.69, 9.17) is 4.74 Å². The highest BCUT2D eigenvalue weighted by Crippen LogP contribution is 2.36. The molecule has 2 aromatic rings. The van der Waals surface area contributed by atoms with E-state index < -0.39 is 21.0 Å². The van der Waals surface area contributed by atoms with Crippen molar-refractivity contribution in [3.05, 3.63) is 60.2 Å². The van der Waals surface area contributed by atoms with Gasteiger partial charge in [-0.15, -0.1) is 0 Å². The molecule has 0 saturated carbocycles. The van der Waals surface area contributed by atoms with Crippen LogP contribution in [0.3, 0.4) is 0 Å². The normalized spacial score (nSPS) is 16.9. The lowest BCUT2D eigenvalue weighted by molar-refractivity contribution is -0.125. The number of rotatable bonds is 5. The Balaban J connectivity index is 1.88. The zero-order valence-corrected chi connectivity index (χ0v) is 17.9. The third-order valence-electron chi connectivity index (χ3n) is 4.95. The molecule has 6 nitrogen and oxygen atoms in total. The Hall–Kier alpha value is -2.22. The average Bonchev–Trinajstić information content (AvgIpc) is 2.67. The van der Waals surface area contributed by atoms with Crippen LogP contribution in [0.2, 0.25) is 0 Å². The van der Waals surface area contributed by atoms with Crippen molar-refractivity contribution in [3.8, 4) is 0 Å². The number of hydrogen-bond acceptors (Lipinski definition) is 4. The minimum Gasteiger partial charge on any atom is -0.381 e. The monoisotopic (exact) mass is 416 g/mol.